The molecular weight excluding hydrogens is 214 g/mol. The summed E-state index contributed by atoms with van der Waals surface area (Å²) in [6, 6.07) is 0.140. The molecule has 0 aromatic carbocycles. The largest absolute Gasteiger partial charge is 0.446 e. The van der Waals surface area contributed by atoms with Gasteiger partial charge < -0.3 is 10.1 Å². The van der Waals surface area contributed by atoms with Crippen molar-refractivity contribution in [1.82, 2.24) is 5.32 Å². The molecular formula is C14H27NO2. The molecule has 1 aliphatic rings. The molecule has 0 saturated heterocycles. The first-order chi connectivity index (χ1) is 7.90. The van der Waals surface area contributed by atoms with Crippen LogP contribution in [0.25, 0.3) is 0 Å². The highest BCUT2D eigenvalue weighted by molar-refractivity contribution is 5.67. The SMILES string of the molecule is CC(C)NC(=O)O[C@@H]1C[C@@H](C)CC[C@@H]1C(C)C. The third-order valence-electron chi connectivity index (χ3n) is 3.63. The van der Waals surface area contributed by atoms with Gasteiger partial charge in [0.15, 0.2) is 0 Å². The minimum atomic E-state index is -0.259. The van der Waals surface area contributed by atoms with Crippen LogP contribution in [-0.4, -0.2) is 18.2 Å². The van der Waals surface area contributed by atoms with E-state index < -0.39 is 0 Å². The number of hydrogen-bond donors (Lipinski definition) is 1. The predicted octanol–water partition coefficient (Wildman–Crippen LogP) is 3.58. The van der Waals surface area contributed by atoms with E-state index in [1.807, 2.05) is 13.8 Å². The number of alkyl carbamates (subject to hydrolysis) is 1. The zero-order chi connectivity index (χ0) is 13.0. The molecule has 0 aromatic rings. The molecule has 3 nitrogen and oxygen atoms in total. The highest BCUT2D eigenvalue weighted by atomic mass is 16.6. The summed E-state index contributed by atoms with van der Waals surface area (Å²) in [6.07, 6.45) is 3.28. The molecule has 0 aromatic heterocycles. The minimum absolute atomic E-state index is 0.0949. The lowest BCUT2D eigenvalue weighted by molar-refractivity contribution is 0.00543. The Morgan fingerprint density at radius 1 is 1.24 bits per heavy atom. The molecule has 1 aliphatic carbocycles. The van der Waals surface area contributed by atoms with Crippen LogP contribution >= 0.6 is 0 Å². The van der Waals surface area contributed by atoms with Gasteiger partial charge in [0.05, 0.1) is 0 Å². The fraction of sp³-hybridized carbons (Fsp3) is 0.929. The molecule has 3 heteroatoms. The van der Waals surface area contributed by atoms with Crippen LogP contribution in [0, 0.1) is 17.8 Å². The van der Waals surface area contributed by atoms with Crippen LogP contribution in [0.4, 0.5) is 4.79 Å². The molecule has 0 radical (unpaired) electrons. The van der Waals surface area contributed by atoms with E-state index in [0.29, 0.717) is 17.8 Å². The Bertz CT molecular complexity index is 251. The normalized spacial score (nSPS) is 29.5. The number of carbonyl (C=O) groups is 1. The summed E-state index contributed by atoms with van der Waals surface area (Å²) in [4.78, 5) is 11.7. The fourth-order valence-corrected chi connectivity index (χ4v) is 2.66. The lowest BCUT2D eigenvalue weighted by atomic mass is 9.75. The lowest BCUT2D eigenvalue weighted by Gasteiger charge is -2.36. The van der Waals surface area contributed by atoms with Crippen molar-refractivity contribution in [2.24, 2.45) is 17.8 Å². The van der Waals surface area contributed by atoms with E-state index in [2.05, 4.69) is 26.1 Å². The Hall–Kier alpha value is -0.730. The Kier molecular flexibility index (Phi) is 5.29. The molecule has 1 saturated carbocycles. The molecule has 0 unspecified atom stereocenters. The third-order valence-corrected chi connectivity index (χ3v) is 3.63. The second kappa shape index (κ2) is 6.27. The average Bonchev–Trinajstić information content (AvgIpc) is 2.15. The Morgan fingerprint density at radius 3 is 2.41 bits per heavy atom. The number of rotatable bonds is 3. The summed E-state index contributed by atoms with van der Waals surface area (Å²) in [5, 5.41) is 2.80. The van der Waals surface area contributed by atoms with E-state index in [1.54, 1.807) is 0 Å². The van der Waals surface area contributed by atoms with Gasteiger partial charge in [-0.3, -0.25) is 0 Å². The highest BCUT2D eigenvalue weighted by Crippen LogP contribution is 2.35. The molecule has 100 valence electrons. The molecule has 1 N–H and O–H groups in total. The predicted molar refractivity (Wildman–Crippen MR) is 69.9 cm³/mol. The summed E-state index contributed by atoms with van der Waals surface area (Å²) in [5.74, 6) is 1.77. The zero-order valence-electron chi connectivity index (χ0n) is 11.8. The Balaban J connectivity index is 2.54. The van der Waals surface area contributed by atoms with Gasteiger partial charge in [0.1, 0.15) is 6.10 Å². The van der Waals surface area contributed by atoms with Gasteiger partial charge in [-0.25, -0.2) is 4.79 Å². The van der Waals surface area contributed by atoms with Gasteiger partial charge in [0.25, 0.3) is 0 Å². The molecule has 0 aliphatic heterocycles. The lowest BCUT2D eigenvalue weighted by Crippen LogP contribution is -2.40. The molecule has 3 atom stereocenters. The molecule has 1 rings (SSSR count). The van der Waals surface area contributed by atoms with Crippen LogP contribution < -0.4 is 5.32 Å². The van der Waals surface area contributed by atoms with Crippen molar-refractivity contribution in [3.63, 3.8) is 0 Å². The van der Waals surface area contributed by atoms with Crippen molar-refractivity contribution < 1.29 is 9.53 Å². The van der Waals surface area contributed by atoms with E-state index >= 15 is 0 Å². The van der Waals surface area contributed by atoms with Crippen molar-refractivity contribution >= 4 is 6.09 Å². The van der Waals surface area contributed by atoms with Crippen LogP contribution in [0.1, 0.15) is 53.9 Å². The van der Waals surface area contributed by atoms with Gasteiger partial charge in [-0.05, 0) is 44.4 Å². The average molecular weight is 241 g/mol. The third kappa shape index (κ3) is 4.57. The van der Waals surface area contributed by atoms with Gasteiger partial charge >= 0.3 is 6.09 Å². The van der Waals surface area contributed by atoms with Gasteiger partial charge in [-0.1, -0.05) is 27.2 Å². The summed E-state index contributed by atoms with van der Waals surface area (Å²) in [7, 11) is 0. The van der Waals surface area contributed by atoms with Crippen LogP contribution in [0.3, 0.4) is 0 Å². The maximum atomic E-state index is 11.7. The standard InChI is InChI=1S/C14H27NO2/c1-9(2)12-7-6-11(5)8-13(12)17-14(16)15-10(3)4/h9-13H,6-8H2,1-5H3,(H,15,16)/t11-,12+,13+/m0/s1. The molecule has 1 fully saturated rings. The highest BCUT2D eigenvalue weighted by Gasteiger charge is 2.33. The fourth-order valence-electron chi connectivity index (χ4n) is 2.66. The number of hydrogen-bond acceptors (Lipinski definition) is 2. The maximum Gasteiger partial charge on any atom is 0.407 e. The minimum Gasteiger partial charge on any atom is -0.446 e. The van der Waals surface area contributed by atoms with Crippen LogP contribution in [0.15, 0.2) is 0 Å². The summed E-state index contributed by atoms with van der Waals surface area (Å²) < 4.78 is 5.60. The van der Waals surface area contributed by atoms with E-state index in [-0.39, 0.29) is 18.2 Å². The van der Waals surface area contributed by atoms with Crippen molar-refractivity contribution in [3.8, 4) is 0 Å². The van der Waals surface area contributed by atoms with E-state index in [4.69, 9.17) is 4.74 Å². The van der Waals surface area contributed by atoms with E-state index in [1.165, 1.54) is 12.8 Å². The number of nitrogens with one attached hydrogen (secondary N) is 1. The molecule has 0 bridgehead atoms. The van der Waals surface area contributed by atoms with E-state index in [0.717, 1.165) is 6.42 Å². The second-order valence-corrected chi connectivity index (χ2v) is 6.07. The van der Waals surface area contributed by atoms with Crippen molar-refractivity contribution in [1.29, 1.82) is 0 Å². The first-order valence-corrected chi connectivity index (χ1v) is 6.87. The van der Waals surface area contributed by atoms with Gasteiger partial charge in [-0.15, -0.1) is 0 Å². The number of carbonyl (C=O) groups excluding carboxylic acids is 1. The van der Waals surface area contributed by atoms with Crippen molar-refractivity contribution in [2.75, 3.05) is 0 Å². The molecule has 0 spiro atoms. The summed E-state index contributed by atoms with van der Waals surface area (Å²) in [6.45, 7) is 10.6. The number of ether oxygens (including phenoxy) is 1. The quantitative estimate of drug-likeness (QED) is 0.820. The van der Waals surface area contributed by atoms with Crippen LogP contribution in [0.2, 0.25) is 0 Å². The monoisotopic (exact) mass is 241 g/mol. The van der Waals surface area contributed by atoms with Crippen LogP contribution in [-0.2, 0) is 4.74 Å². The van der Waals surface area contributed by atoms with E-state index in [9.17, 15) is 4.79 Å². The molecule has 0 heterocycles. The van der Waals surface area contributed by atoms with Crippen molar-refractivity contribution in [3.05, 3.63) is 0 Å². The molecule has 17 heavy (non-hydrogen) atoms. The van der Waals surface area contributed by atoms with Gasteiger partial charge in [0.2, 0.25) is 0 Å². The topological polar surface area (TPSA) is 38.3 Å². The van der Waals surface area contributed by atoms with Crippen molar-refractivity contribution in [2.45, 2.75) is 66.0 Å². The molecule has 1 amide bonds. The maximum absolute atomic E-state index is 11.7. The Labute approximate surface area is 105 Å². The Morgan fingerprint density at radius 2 is 1.88 bits per heavy atom. The first kappa shape index (κ1) is 14.3. The van der Waals surface area contributed by atoms with Gasteiger partial charge in [-0.2, -0.15) is 0 Å². The summed E-state index contributed by atoms with van der Waals surface area (Å²) >= 11 is 0. The first-order valence-electron chi connectivity index (χ1n) is 6.87. The number of amides is 1. The van der Waals surface area contributed by atoms with Crippen LogP contribution in [0.5, 0.6) is 0 Å². The smallest absolute Gasteiger partial charge is 0.407 e. The zero-order valence-corrected chi connectivity index (χ0v) is 11.8. The second-order valence-electron chi connectivity index (χ2n) is 6.07. The van der Waals surface area contributed by atoms with Gasteiger partial charge in [0, 0.05) is 6.04 Å². The summed E-state index contributed by atoms with van der Waals surface area (Å²) in [5.41, 5.74) is 0.